The SMILES string of the molecule is Cn1cc(-c2ccc3cnc(NC(=O)c4cn(C5CCN(CCF)CC5)nn4)nc3c2)nn1. The van der Waals surface area contributed by atoms with Crippen LogP contribution < -0.4 is 5.32 Å². The molecule has 4 aromatic rings. The minimum Gasteiger partial charge on any atom is -0.301 e. The highest BCUT2D eigenvalue weighted by Crippen LogP contribution is 2.23. The maximum absolute atomic E-state index is 12.7. The van der Waals surface area contributed by atoms with Crippen molar-refractivity contribution in [2.75, 3.05) is 31.6 Å². The quantitative estimate of drug-likeness (QED) is 0.473. The second kappa shape index (κ2) is 8.98. The highest BCUT2D eigenvalue weighted by molar-refractivity contribution is 6.02. The molecule has 170 valence electrons. The number of anilines is 1. The van der Waals surface area contributed by atoms with E-state index in [0.29, 0.717) is 12.1 Å². The number of likely N-dealkylation sites (tertiary alicyclic amines) is 1. The molecule has 1 aromatic carbocycles. The molecule has 33 heavy (non-hydrogen) atoms. The van der Waals surface area contributed by atoms with Gasteiger partial charge in [-0.25, -0.2) is 19.0 Å². The van der Waals surface area contributed by atoms with Gasteiger partial charge in [0.05, 0.1) is 24.0 Å². The number of fused-ring (bicyclic) bond motifs is 1. The van der Waals surface area contributed by atoms with E-state index in [1.165, 1.54) is 0 Å². The zero-order valence-electron chi connectivity index (χ0n) is 18.1. The Hall–Kier alpha value is -3.80. The summed E-state index contributed by atoms with van der Waals surface area (Å²) in [6, 6.07) is 5.85. The lowest BCUT2D eigenvalue weighted by Gasteiger charge is -2.30. The molecule has 4 heterocycles. The molecule has 0 atom stereocenters. The first-order chi connectivity index (χ1) is 16.1. The molecular formula is C21H23FN10O. The molecule has 1 fully saturated rings. The van der Waals surface area contributed by atoms with Crippen LogP contribution in [0.5, 0.6) is 0 Å². The van der Waals surface area contributed by atoms with Crippen molar-refractivity contribution < 1.29 is 9.18 Å². The van der Waals surface area contributed by atoms with E-state index in [2.05, 4.69) is 40.8 Å². The number of piperidine rings is 1. The Balaban J connectivity index is 1.28. The Labute approximate surface area is 188 Å². The van der Waals surface area contributed by atoms with E-state index in [4.69, 9.17) is 0 Å². The Morgan fingerprint density at radius 1 is 1.18 bits per heavy atom. The van der Waals surface area contributed by atoms with Crippen molar-refractivity contribution in [2.24, 2.45) is 7.05 Å². The average molecular weight is 450 g/mol. The second-order valence-corrected chi connectivity index (χ2v) is 8.04. The zero-order valence-corrected chi connectivity index (χ0v) is 18.1. The summed E-state index contributed by atoms with van der Waals surface area (Å²) in [5, 5.41) is 19.8. The predicted molar refractivity (Wildman–Crippen MR) is 118 cm³/mol. The van der Waals surface area contributed by atoms with Crippen molar-refractivity contribution >= 4 is 22.8 Å². The average Bonchev–Trinajstić information content (AvgIpc) is 3.49. The molecule has 0 radical (unpaired) electrons. The minimum atomic E-state index is -0.430. The van der Waals surface area contributed by atoms with Gasteiger partial charge in [-0.3, -0.25) is 14.8 Å². The number of hydrogen-bond donors (Lipinski definition) is 1. The molecule has 1 saturated heterocycles. The fourth-order valence-electron chi connectivity index (χ4n) is 3.97. The van der Waals surface area contributed by atoms with Gasteiger partial charge in [0.2, 0.25) is 5.95 Å². The number of aryl methyl sites for hydroxylation is 1. The Morgan fingerprint density at radius 2 is 2.03 bits per heavy atom. The lowest BCUT2D eigenvalue weighted by Crippen LogP contribution is -2.36. The Morgan fingerprint density at radius 3 is 2.79 bits per heavy atom. The number of aromatic nitrogens is 8. The van der Waals surface area contributed by atoms with Crippen LogP contribution >= 0.6 is 0 Å². The monoisotopic (exact) mass is 450 g/mol. The number of hydrogen-bond acceptors (Lipinski definition) is 8. The van der Waals surface area contributed by atoms with Crippen LogP contribution in [0.3, 0.4) is 0 Å². The normalized spacial score (nSPS) is 15.2. The zero-order chi connectivity index (χ0) is 22.8. The lowest BCUT2D eigenvalue weighted by molar-refractivity contribution is 0.102. The van der Waals surface area contributed by atoms with Crippen LogP contribution in [0.2, 0.25) is 0 Å². The molecule has 12 heteroatoms. The van der Waals surface area contributed by atoms with E-state index in [1.807, 2.05) is 24.4 Å². The second-order valence-electron chi connectivity index (χ2n) is 8.04. The standard InChI is InChI=1S/C21H23FN10O/c1-30-12-18(26-28-30)14-2-3-15-11-23-21(24-17(15)10-14)25-20(33)19-13-32(29-27-19)16-4-7-31(8-5-16)9-6-22/h2-3,10-13,16H,4-9H2,1H3,(H,23,24,25,33). The third kappa shape index (κ3) is 4.55. The summed E-state index contributed by atoms with van der Waals surface area (Å²) in [5.41, 5.74) is 2.47. The van der Waals surface area contributed by atoms with Gasteiger partial charge in [-0.1, -0.05) is 22.6 Å². The van der Waals surface area contributed by atoms with Crippen LogP contribution in [0.1, 0.15) is 29.4 Å². The van der Waals surface area contributed by atoms with E-state index < -0.39 is 5.91 Å². The summed E-state index contributed by atoms with van der Waals surface area (Å²) in [7, 11) is 1.80. The fraction of sp³-hybridized carbons (Fsp3) is 0.381. The van der Waals surface area contributed by atoms with Crippen LogP contribution in [0.4, 0.5) is 10.3 Å². The summed E-state index contributed by atoms with van der Waals surface area (Å²) < 4.78 is 15.9. The van der Waals surface area contributed by atoms with Crippen molar-refractivity contribution in [2.45, 2.75) is 18.9 Å². The molecular weight excluding hydrogens is 427 g/mol. The highest BCUT2D eigenvalue weighted by Gasteiger charge is 2.22. The molecule has 3 aromatic heterocycles. The van der Waals surface area contributed by atoms with E-state index in [-0.39, 0.29) is 24.4 Å². The van der Waals surface area contributed by atoms with E-state index in [1.54, 1.807) is 28.8 Å². The van der Waals surface area contributed by atoms with Crippen LogP contribution in [-0.2, 0) is 7.05 Å². The molecule has 5 rings (SSSR count). The number of amides is 1. The summed E-state index contributed by atoms with van der Waals surface area (Å²) >= 11 is 0. The maximum Gasteiger partial charge on any atom is 0.280 e. The van der Waals surface area contributed by atoms with Gasteiger partial charge in [0.25, 0.3) is 5.91 Å². The van der Waals surface area contributed by atoms with Gasteiger partial charge in [-0.15, -0.1) is 10.2 Å². The van der Waals surface area contributed by atoms with Crippen LogP contribution in [-0.4, -0.2) is 77.1 Å². The molecule has 1 amide bonds. The molecule has 0 bridgehead atoms. The number of carbonyl (C=O) groups excluding carboxylic acids is 1. The molecule has 1 N–H and O–H groups in total. The minimum absolute atomic E-state index is 0.145. The van der Waals surface area contributed by atoms with Gasteiger partial charge in [-0.05, 0) is 18.9 Å². The topological polar surface area (TPSA) is 120 Å². The highest BCUT2D eigenvalue weighted by atomic mass is 19.1. The number of alkyl halides is 1. The lowest BCUT2D eigenvalue weighted by atomic mass is 10.1. The van der Waals surface area contributed by atoms with Crippen molar-refractivity contribution in [1.82, 2.24) is 44.9 Å². The van der Waals surface area contributed by atoms with Gasteiger partial charge in [-0.2, -0.15) is 0 Å². The molecule has 11 nitrogen and oxygen atoms in total. The molecule has 0 aliphatic carbocycles. The summed E-state index contributed by atoms with van der Waals surface area (Å²) in [5.74, 6) is -0.251. The number of rotatable bonds is 6. The van der Waals surface area contributed by atoms with Gasteiger partial charge in [0, 0.05) is 43.8 Å². The number of carbonyl (C=O) groups is 1. The summed E-state index contributed by atoms with van der Waals surface area (Å²) in [6.07, 6.45) is 6.79. The molecule has 0 unspecified atom stereocenters. The largest absolute Gasteiger partial charge is 0.301 e. The molecule has 1 aliphatic rings. The number of halogens is 1. The predicted octanol–water partition coefficient (Wildman–Crippen LogP) is 1.88. The van der Waals surface area contributed by atoms with Gasteiger partial charge in [0.1, 0.15) is 12.4 Å². The third-order valence-corrected chi connectivity index (χ3v) is 5.78. The van der Waals surface area contributed by atoms with E-state index in [9.17, 15) is 9.18 Å². The van der Waals surface area contributed by atoms with Crippen LogP contribution in [0.25, 0.3) is 22.2 Å². The number of nitrogens with zero attached hydrogens (tertiary/aromatic N) is 9. The van der Waals surface area contributed by atoms with Crippen molar-refractivity contribution in [3.05, 3.63) is 42.5 Å². The first kappa shape index (κ1) is 21.1. The smallest absolute Gasteiger partial charge is 0.280 e. The molecule has 0 spiro atoms. The third-order valence-electron chi connectivity index (χ3n) is 5.78. The fourth-order valence-corrected chi connectivity index (χ4v) is 3.97. The molecule has 0 saturated carbocycles. The number of nitrogens with one attached hydrogen (secondary N) is 1. The van der Waals surface area contributed by atoms with E-state index in [0.717, 1.165) is 42.6 Å². The van der Waals surface area contributed by atoms with Crippen molar-refractivity contribution in [1.29, 1.82) is 0 Å². The van der Waals surface area contributed by atoms with Crippen molar-refractivity contribution in [3.8, 4) is 11.3 Å². The van der Waals surface area contributed by atoms with Gasteiger partial charge < -0.3 is 4.90 Å². The number of benzene rings is 1. The maximum atomic E-state index is 12.7. The Bertz CT molecular complexity index is 1280. The first-order valence-electron chi connectivity index (χ1n) is 10.7. The summed E-state index contributed by atoms with van der Waals surface area (Å²) in [4.78, 5) is 23.5. The van der Waals surface area contributed by atoms with Crippen LogP contribution in [0.15, 0.2) is 36.8 Å². The first-order valence-corrected chi connectivity index (χ1v) is 10.7. The van der Waals surface area contributed by atoms with Gasteiger partial charge >= 0.3 is 0 Å². The van der Waals surface area contributed by atoms with Crippen molar-refractivity contribution in [3.63, 3.8) is 0 Å². The Kier molecular flexibility index (Phi) is 5.73. The summed E-state index contributed by atoms with van der Waals surface area (Å²) in [6.45, 7) is 1.73. The van der Waals surface area contributed by atoms with Crippen LogP contribution in [0, 0.1) is 0 Å². The molecule has 1 aliphatic heterocycles. The van der Waals surface area contributed by atoms with E-state index >= 15 is 0 Å². The van der Waals surface area contributed by atoms with Gasteiger partial charge in [0.15, 0.2) is 5.69 Å².